The van der Waals surface area contributed by atoms with Crippen LogP contribution in [0.25, 0.3) is 22.2 Å². The van der Waals surface area contributed by atoms with Crippen LogP contribution in [0.15, 0.2) is 58.4 Å². The smallest absolute Gasteiger partial charge is 0.293 e. The van der Waals surface area contributed by atoms with Crippen molar-refractivity contribution in [1.29, 1.82) is 4.78 Å². The number of hydrogen-bond acceptors (Lipinski definition) is 4. The molecule has 4 rings (SSSR count). The van der Waals surface area contributed by atoms with Gasteiger partial charge in [-0.15, -0.1) is 0 Å². The molecule has 0 fully saturated rings. The standard InChI is InChI=1S/C22H20F2N4O2S/c1-13-20(14-7-5-4-6-8-14)21-19(11-26-13)27(2)22(29)28(21)12-16-17(23)9-15(10-18(16)24)31(3,25)30/h4-11,25H,12H2,1-3H3/t31-/m0/s1. The lowest BCUT2D eigenvalue weighted by Gasteiger charge is -2.13. The normalized spacial score (nSPS) is 13.5. The first-order valence-electron chi connectivity index (χ1n) is 9.41. The van der Waals surface area contributed by atoms with Crippen molar-refractivity contribution in [3.63, 3.8) is 0 Å². The number of hydrogen-bond donors (Lipinski definition) is 1. The van der Waals surface area contributed by atoms with E-state index >= 15 is 0 Å². The van der Waals surface area contributed by atoms with Crippen molar-refractivity contribution >= 4 is 20.8 Å². The van der Waals surface area contributed by atoms with Crippen LogP contribution in [0.3, 0.4) is 0 Å². The molecule has 0 spiro atoms. The van der Waals surface area contributed by atoms with Gasteiger partial charge in [-0.3, -0.25) is 14.1 Å². The molecule has 2 aromatic carbocycles. The summed E-state index contributed by atoms with van der Waals surface area (Å²) in [5.74, 6) is -1.90. The van der Waals surface area contributed by atoms with Gasteiger partial charge in [0.2, 0.25) is 0 Å². The van der Waals surface area contributed by atoms with Crippen molar-refractivity contribution in [3.05, 3.63) is 82.0 Å². The quantitative estimate of drug-likeness (QED) is 0.517. The Kier molecular flexibility index (Phi) is 5.01. The number of nitrogens with one attached hydrogen (secondary N) is 1. The maximum Gasteiger partial charge on any atom is 0.329 e. The molecule has 1 N–H and O–H groups in total. The highest BCUT2D eigenvalue weighted by molar-refractivity contribution is 7.91. The fraction of sp³-hybridized carbons (Fsp3) is 0.182. The van der Waals surface area contributed by atoms with E-state index < -0.39 is 27.1 Å². The van der Waals surface area contributed by atoms with Gasteiger partial charge in [-0.05, 0) is 24.6 Å². The number of aryl methyl sites for hydroxylation is 2. The Balaban J connectivity index is 1.99. The predicted octanol–water partition coefficient (Wildman–Crippen LogP) is 4.07. The van der Waals surface area contributed by atoms with Gasteiger partial charge in [0.15, 0.2) is 0 Å². The molecule has 0 bridgehead atoms. The number of fused-ring (bicyclic) bond motifs is 1. The van der Waals surface area contributed by atoms with Gasteiger partial charge in [0, 0.05) is 30.1 Å². The van der Waals surface area contributed by atoms with E-state index in [-0.39, 0.29) is 17.0 Å². The Hall–Kier alpha value is -3.33. The average Bonchev–Trinajstić information content (AvgIpc) is 2.95. The number of pyridine rings is 1. The molecule has 0 aliphatic heterocycles. The van der Waals surface area contributed by atoms with E-state index in [1.54, 1.807) is 13.2 Å². The number of aromatic nitrogens is 3. The minimum atomic E-state index is -3.29. The maximum atomic E-state index is 14.8. The summed E-state index contributed by atoms with van der Waals surface area (Å²) in [4.78, 5) is 17.2. The summed E-state index contributed by atoms with van der Waals surface area (Å²) in [6.45, 7) is 1.45. The fourth-order valence-electron chi connectivity index (χ4n) is 3.69. The van der Waals surface area contributed by atoms with Crippen LogP contribution in [0, 0.1) is 23.3 Å². The Bertz CT molecular complexity index is 1470. The third-order valence-electron chi connectivity index (χ3n) is 5.31. The monoisotopic (exact) mass is 442 g/mol. The molecule has 4 aromatic rings. The summed E-state index contributed by atoms with van der Waals surface area (Å²) in [5, 5.41) is 0. The second-order valence-corrected chi connectivity index (χ2v) is 9.61. The first-order chi connectivity index (χ1) is 14.6. The van der Waals surface area contributed by atoms with Gasteiger partial charge >= 0.3 is 5.69 Å². The van der Waals surface area contributed by atoms with Crippen molar-refractivity contribution in [2.75, 3.05) is 6.26 Å². The Morgan fingerprint density at radius 3 is 2.32 bits per heavy atom. The van der Waals surface area contributed by atoms with Crippen LogP contribution >= 0.6 is 0 Å². The summed E-state index contributed by atoms with van der Waals surface area (Å²) in [6, 6.07) is 11.2. The summed E-state index contributed by atoms with van der Waals surface area (Å²) >= 11 is 0. The Morgan fingerprint density at radius 2 is 1.74 bits per heavy atom. The van der Waals surface area contributed by atoms with Crippen molar-refractivity contribution in [1.82, 2.24) is 14.1 Å². The van der Waals surface area contributed by atoms with E-state index in [1.807, 2.05) is 37.3 Å². The van der Waals surface area contributed by atoms with Gasteiger partial charge in [0.25, 0.3) is 0 Å². The molecule has 0 amide bonds. The van der Waals surface area contributed by atoms with Crippen LogP contribution in [0.4, 0.5) is 8.78 Å². The zero-order valence-corrected chi connectivity index (χ0v) is 18.0. The van der Waals surface area contributed by atoms with E-state index in [1.165, 1.54) is 9.13 Å². The second kappa shape index (κ2) is 7.42. The number of rotatable bonds is 4. The van der Waals surface area contributed by atoms with Gasteiger partial charge in [0.1, 0.15) is 11.6 Å². The molecule has 0 aliphatic rings. The number of imidazole rings is 1. The SMILES string of the molecule is Cc1ncc2c(c1-c1ccccc1)n(Cc1c(F)cc([S@@](C)(=N)=O)cc1F)c(=O)n2C. The molecule has 1 atom stereocenters. The van der Waals surface area contributed by atoms with Crippen molar-refractivity contribution < 1.29 is 13.0 Å². The topological polar surface area (TPSA) is 80.7 Å². The first kappa shape index (κ1) is 20.9. The van der Waals surface area contributed by atoms with Crippen molar-refractivity contribution in [3.8, 4) is 11.1 Å². The van der Waals surface area contributed by atoms with E-state index in [9.17, 15) is 17.8 Å². The van der Waals surface area contributed by atoms with Crippen molar-refractivity contribution in [2.24, 2.45) is 7.05 Å². The Labute approximate surface area is 177 Å². The molecule has 31 heavy (non-hydrogen) atoms. The third-order valence-corrected chi connectivity index (χ3v) is 6.45. The van der Waals surface area contributed by atoms with Gasteiger partial charge in [0.05, 0.1) is 38.4 Å². The number of benzene rings is 2. The highest BCUT2D eigenvalue weighted by Crippen LogP contribution is 2.31. The molecular weight excluding hydrogens is 422 g/mol. The van der Waals surface area contributed by atoms with Gasteiger partial charge < -0.3 is 0 Å². The first-order valence-corrected chi connectivity index (χ1v) is 11.4. The molecule has 9 heteroatoms. The average molecular weight is 442 g/mol. The lowest BCUT2D eigenvalue weighted by molar-refractivity contribution is 0.536. The van der Waals surface area contributed by atoms with Crippen LogP contribution in [0.5, 0.6) is 0 Å². The summed E-state index contributed by atoms with van der Waals surface area (Å²) in [6.07, 6.45) is 2.66. The summed E-state index contributed by atoms with van der Waals surface area (Å²) in [5.41, 5.74) is 2.49. The van der Waals surface area contributed by atoms with Gasteiger partial charge in [-0.25, -0.2) is 22.6 Å². The van der Waals surface area contributed by atoms with Crippen LogP contribution in [0.2, 0.25) is 0 Å². The molecule has 6 nitrogen and oxygen atoms in total. The highest BCUT2D eigenvalue weighted by Gasteiger charge is 2.22. The molecule has 2 heterocycles. The lowest BCUT2D eigenvalue weighted by Crippen LogP contribution is -2.23. The van der Waals surface area contributed by atoms with Gasteiger partial charge in [-0.2, -0.15) is 0 Å². The van der Waals surface area contributed by atoms with Crippen LogP contribution < -0.4 is 5.69 Å². The van der Waals surface area contributed by atoms with E-state index in [0.717, 1.165) is 24.0 Å². The number of halogens is 2. The van der Waals surface area contributed by atoms with Crippen LogP contribution in [-0.4, -0.2) is 24.6 Å². The molecule has 160 valence electrons. The van der Waals surface area contributed by atoms with Crippen LogP contribution in [-0.2, 0) is 23.3 Å². The van der Waals surface area contributed by atoms with E-state index in [2.05, 4.69) is 4.98 Å². The van der Waals surface area contributed by atoms with Gasteiger partial charge in [-0.1, -0.05) is 30.3 Å². The minimum absolute atomic E-state index is 0.235. The Morgan fingerprint density at radius 1 is 1.13 bits per heavy atom. The molecule has 0 unspecified atom stereocenters. The molecule has 2 aromatic heterocycles. The summed E-state index contributed by atoms with van der Waals surface area (Å²) in [7, 11) is -1.71. The van der Waals surface area contributed by atoms with Crippen molar-refractivity contribution in [2.45, 2.75) is 18.4 Å². The number of nitrogens with zero attached hydrogens (tertiary/aromatic N) is 3. The van der Waals surface area contributed by atoms with E-state index in [4.69, 9.17) is 4.78 Å². The zero-order chi connectivity index (χ0) is 22.5. The molecular formula is C22H20F2N4O2S. The maximum absolute atomic E-state index is 14.8. The lowest BCUT2D eigenvalue weighted by atomic mass is 10.0. The summed E-state index contributed by atoms with van der Waals surface area (Å²) < 4.78 is 51.8. The highest BCUT2D eigenvalue weighted by atomic mass is 32.2. The van der Waals surface area contributed by atoms with E-state index in [0.29, 0.717) is 22.3 Å². The minimum Gasteiger partial charge on any atom is -0.293 e. The predicted molar refractivity (Wildman–Crippen MR) is 116 cm³/mol. The largest absolute Gasteiger partial charge is 0.329 e. The second-order valence-electron chi connectivity index (χ2n) is 7.46. The molecule has 0 saturated carbocycles. The third kappa shape index (κ3) is 3.54. The fourth-order valence-corrected chi connectivity index (χ4v) is 4.35. The van der Waals surface area contributed by atoms with Crippen LogP contribution in [0.1, 0.15) is 11.3 Å². The zero-order valence-electron chi connectivity index (χ0n) is 17.1. The molecule has 0 saturated heterocycles. The molecule has 0 aliphatic carbocycles. The molecule has 0 radical (unpaired) electrons.